The van der Waals surface area contributed by atoms with E-state index in [1.807, 2.05) is 35.7 Å². The van der Waals surface area contributed by atoms with E-state index in [1.54, 1.807) is 24.5 Å². The lowest BCUT2D eigenvalue weighted by Crippen LogP contribution is -2.20. The number of thiazole rings is 1. The maximum atomic E-state index is 12.2. The van der Waals surface area contributed by atoms with Crippen LogP contribution in [0.25, 0.3) is 33.1 Å². The topological polar surface area (TPSA) is 97.0 Å². The van der Waals surface area contributed by atoms with Crippen LogP contribution in [0.15, 0.2) is 72.4 Å². The maximum absolute atomic E-state index is 12.2. The van der Waals surface area contributed by atoms with Crippen LogP contribution in [-0.2, 0) is 9.53 Å². The maximum Gasteiger partial charge on any atom is 0.338 e. The molecule has 5 rings (SSSR count). The molecule has 0 spiro atoms. The summed E-state index contributed by atoms with van der Waals surface area (Å²) in [6, 6.07) is 19.2. The highest BCUT2D eigenvalue weighted by molar-refractivity contribution is 7.14. The quantitative estimate of drug-likeness (QED) is 0.398. The van der Waals surface area contributed by atoms with Crippen LogP contribution in [0.5, 0.6) is 0 Å². The average molecular weight is 428 g/mol. The number of ether oxygens (including phenoxy) is 1. The summed E-state index contributed by atoms with van der Waals surface area (Å²) in [4.78, 5) is 35.9. The molecule has 152 valence electrons. The van der Waals surface area contributed by atoms with Gasteiger partial charge in [-0.15, -0.1) is 11.3 Å². The summed E-state index contributed by atoms with van der Waals surface area (Å²) in [5.74, 6) is -1.03. The molecule has 0 saturated heterocycles. The van der Waals surface area contributed by atoms with Crippen molar-refractivity contribution in [1.82, 2.24) is 15.0 Å². The van der Waals surface area contributed by atoms with Crippen molar-refractivity contribution in [3.8, 4) is 11.3 Å². The minimum absolute atomic E-state index is 0.345. The first-order valence-corrected chi connectivity index (χ1v) is 10.4. The first kappa shape index (κ1) is 19.0. The number of benzene rings is 3. The van der Waals surface area contributed by atoms with Gasteiger partial charge in [0, 0.05) is 10.9 Å². The Morgan fingerprint density at radius 2 is 1.90 bits per heavy atom. The Kier molecular flexibility index (Phi) is 4.89. The summed E-state index contributed by atoms with van der Waals surface area (Å²) in [5.41, 5.74) is 3.56. The van der Waals surface area contributed by atoms with Crippen molar-refractivity contribution >= 4 is 50.2 Å². The van der Waals surface area contributed by atoms with Gasteiger partial charge in [0.05, 0.1) is 28.6 Å². The number of carbonyl (C=O) groups is 2. The van der Waals surface area contributed by atoms with Crippen molar-refractivity contribution in [3.05, 3.63) is 77.9 Å². The summed E-state index contributed by atoms with van der Waals surface area (Å²) in [5, 5.41) is 7.28. The Balaban J connectivity index is 1.21. The number of aromatic nitrogens is 3. The second-order valence-corrected chi connectivity index (χ2v) is 7.72. The van der Waals surface area contributed by atoms with Gasteiger partial charge < -0.3 is 9.72 Å². The molecule has 3 aromatic carbocycles. The number of hydrogen-bond donors (Lipinski definition) is 2. The van der Waals surface area contributed by atoms with E-state index in [0.29, 0.717) is 10.7 Å². The third kappa shape index (κ3) is 4.01. The summed E-state index contributed by atoms with van der Waals surface area (Å²) in [7, 11) is 0. The number of carbonyl (C=O) groups excluding carboxylic acids is 2. The normalized spacial score (nSPS) is 11.0. The standard InChI is InChI=1S/C23H16N4O3S/c28-21(11-30-22(29)17-7-8-18-19(10-17)25-13-24-18)27-23-26-20(12-31-23)16-6-5-14-3-1-2-4-15(14)9-16/h1-10,12-13H,11H2,(H,24,25)(H,26,27,28). The predicted octanol–water partition coefficient (Wildman–Crippen LogP) is 4.64. The van der Waals surface area contributed by atoms with Crippen molar-refractivity contribution in [1.29, 1.82) is 0 Å². The zero-order chi connectivity index (χ0) is 21.2. The highest BCUT2D eigenvalue weighted by Gasteiger charge is 2.13. The van der Waals surface area contributed by atoms with Gasteiger partial charge >= 0.3 is 5.97 Å². The fourth-order valence-electron chi connectivity index (χ4n) is 3.24. The molecule has 7 nitrogen and oxygen atoms in total. The summed E-state index contributed by atoms with van der Waals surface area (Å²) in [6.07, 6.45) is 1.55. The number of fused-ring (bicyclic) bond motifs is 2. The van der Waals surface area contributed by atoms with Gasteiger partial charge in [0.15, 0.2) is 11.7 Å². The molecule has 1 amide bonds. The summed E-state index contributed by atoms with van der Waals surface area (Å²) in [6.45, 7) is -0.398. The van der Waals surface area contributed by atoms with Crippen molar-refractivity contribution in [3.63, 3.8) is 0 Å². The van der Waals surface area contributed by atoms with Crippen LogP contribution in [0.4, 0.5) is 5.13 Å². The van der Waals surface area contributed by atoms with Crippen LogP contribution < -0.4 is 5.32 Å². The van der Waals surface area contributed by atoms with E-state index in [2.05, 4.69) is 32.4 Å². The second-order valence-electron chi connectivity index (χ2n) is 6.86. The van der Waals surface area contributed by atoms with Gasteiger partial charge in [-0.1, -0.05) is 36.4 Å². The molecule has 0 aliphatic heterocycles. The van der Waals surface area contributed by atoms with Crippen LogP contribution in [-0.4, -0.2) is 33.4 Å². The van der Waals surface area contributed by atoms with Crippen LogP contribution in [0.2, 0.25) is 0 Å². The van der Waals surface area contributed by atoms with Gasteiger partial charge in [0.1, 0.15) is 0 Å². The van der Waals surface area contributed by atoms with Gasteiger partial charge in [0.2, 0.25) is 0 Å². The van der Waals surface area contributed by atoms with Crippen LogP contribution in [0, 0.1) is 0 Å². The van der Waals surface area contributed by atoms with Crippen LogP contribution in [0.3, 0.4) is 0 Å². The molecular formula is C23H16N4O3S. The molecule has 0 aliphatic carbocycles. The number of nitrogens with zero attached hydrogens (tertiary/aromatic N) is 2. The Hall–Kier alpha value is -4.04. The number of rotatable bonds is 5. The van der Waals surface area contributed by atoms with Crippen LogP contribution >= 0.6 is 11.3 Å². The second kappa shape index (κ2) is 8.00. The number of imidazole rings is 1. The van der Waals surface area contributed by atoms with Crippen molar-refractivity contribution < 1.29 is 14.3 Å². The van der Waals surface area contributed by atoms with E-state index in [1.165, 1.54) is 11.3 Å². The number of anilines is 1. The van der Waals surface area contributed by atoms with E-state index in [0.717, 1.165) is 33.1 Å². The van der Waals surface area contributed by atoms with Gasteiger partial charge in [-0.25, -0.2) is 14.8 Å². The molecule has 8 heteroatoms. The first-order chi connectivity index (χ1) is 15.2. The summed E-state index contributed by atoms with van der Waals surface area (Å²) < 4.78 is 5.12. The molecular weight excluding hydrogens is 412 g/mol. The Morgan fingerprint density at radius 1 is 1.03 bits per heavy atom. The first-order valence-electron chi connectivity index (χ1n) is 9.50. The molecule has 0 bridgehead atoms. The van der Waals surface area contributed by atoms with Crippen molar-refractivity contribution in [2.75, 3.05) is 11.9 Å². The SMILES string of the molecule is O=C(COC(=O)c1ccc2nc[nH]c2c1)Nc1nc(-c2ccc3ccccc3c2)cs1. The molecule has 0 fully saturated rings. The van der Waals surface area contributed by atoms with Gasteiger partial charge in [0.25, 0.3) is 5.91 Å². The Morgan fingerprint density at radius 3 is 2.81 bits per heavy atom. The van der Waals surface area contributed by atoms with Crippen molar-refractivity contribution in [2.24, 2.45) is 0 Å². The molecule has 0 aliphatic rings. The summed E-state index contributed by atoms with van der Waals surface area (Å²) >= 11 is 1.32. The monoisotopic (exact) mass is 428 g/mol. The number of aromatic amines is 1. The molecule has 5 aromatic rings. The molecule has 0 radical (unpaired) electrons. The van der Waals surface area contributed by atoms with E-state index in [4.69, 9.17) is 4.74 Å². The largest absolute Gasteiger partial charge is 0.452 e. The molecule has 2 aromatic heterocycles. The molecule has 0 saturated carbocycles. The number of hydrogen-bond acceptors (Lipinski definition) is 6. The lowest BCUT2D eigenvalue weighted by molar-refractivity contribution is -0.119. The molecule has 2 heterocycles. The minimum Gasteiger partial charge on any atom is -0.452 e. The Bertz CT molecular complexity index is 1420. The fourth-order valence-corrected chi connectivity index (χ4v) is 3.98. The average Bonchev–Trinajstić information content (AvgIpc) is 3.46. The van der Waals surface area contributed by atoms with E-state index in [-0.39, 0.29) is 0 Å². The predicted molar refractivity (Wildman–Crippen MR) is 120 cm³/mol. The third-order valence-corrected chi connectivity index (χ3v) is 5.54. The zero-order valence-electron chi connectivity index (χ0n) is 16.2. The third-order valence-electron chi connectivity index (χ3n) is 4.79. The Labute approximate surface area is 180 Å². The zero-order valence-corrected chi connectivity index (χ0v) is 17.0. The lowest BCUT2D eigenvalue weighted by Gasteiger charge is -2.05. The highest BCUT2D eigenvalue weighted by atomic mass is 32.1. The van der Waals surface area contributed by atoms with Crippen molar-refractivity contribution in [2.45, 2.75) is 0 Å². The smallest absolute Gasteiger partial charge is 0.338 e. The van der Waals surface area contributed by atoms with E-state index < -0.39 is 18.5 Å². The van der Waals surface area contributed by atoms with Gasteiger partial charge in [-0.3, -0.25) is 10.1 Å². The molecule has 2 N–H and O–H groups in total. The lowest BCUT2D eigenvalue weighted by atomic mass is 10.1. The fraction of sp³-hybridized carbons (Fsp3) is 0.0435. The number of nitrogens with one attached hydrogen (secondary N) is 2. The molecule has 0 atom stereocenters. The number of esters is 1. The van der Waals surface area contributed by atoms with Gasteiger partial charge in [-0.05, 0) is 35.0 Å². The number of amides is 1. The van der Waals surface area contributed by atoms with Crippen LogP contribution in [0.1, 0.15) is 10.4 Å². The molecule has 31 heavy (non-hydrogen) atoms. The minimum atomic E-state index is -0.581. The van der Waals surface area contributed by atoms with E-state index in [9.17, 15) is 9.59 Å². The molecule has 0 unspecified atom stereocenters. The highest BCUT2D eigenvalue weighted by Crippen LogP contribution is 2.27. The van der Waals surface area contributed by atoms with Gasteiger partial charge in [-0.2, -0.15) is 0 Å². The number of H-pyrrole nitrogens is 1. The van der Waals surface area contributed by atoms with E-state index >= 15 is 0 Å².